The molecule has 0 radical (unpaired) electrons. The lowest BCUT2D eigenvalue weighted by Gasteiger charge is -2.61. The van der Waals surface area contributed by atoms with Crippen LogP contribution in [0.3, 0.4) is 0 Å². The fraction of sp³-hybridized carbons (Fsp3) is 0.882. The summed E-state index contributed by atoms with van der Waals surface area (Å²) in [6.45, 7) is 1.02. The van der Waals surface area contributed by atoms with E-state index in [0.717, 1.165) is 36.1 Å². The van der Waals surface area contributed by atoms with Crippen molar-refractivity contribution in [3.05, 3.63) is 12.2 Å². The molecule has 3 saturated carbocycles. The highest BCUT2D eigenvalue weighted by Gasteiger charge is 2.61. The average Bonchev–Trinajstić information content (AvgIpc) is 2.99. The molecule has 0 amide bonds. The van der Waals surface area contributed by atoms with Crippen LogP contribution < -0.4 is 0 Å². The van der Waals surface area contributed by atoms with Crippen molar-refractivity contribution in [3.8, 4) is 0 Å². The molecule has 1 spiro atoms. The lowest BCUT2D eigenvalue weighted by molar-refractivity contribution is -0.0654. The van der Waals surface area contributed by atoms with Gasteiger partial charge in [0.05, 0.1) is 12.6 Å². The Kier molecular flexibility index (Phi) is 2.16. The Balaban J connectivity index is 1.58. The van der Waals surface area contributed by atoms with Crippen molar-refractivity contribution < 1.29 is 0 Å². The summed E-state index contributed by atoms with van der Waals surface area (Å²) in [6, 6.07) is 0.559. The van der Waals surface area contributed by atoms with Crippen molar-refractivity contribution in [1.29, 1.82) is 0 Å². The first-order chi connectivity index (χ1) is 9.38. The number of allylic oxidation sites excluding steroid dienone is 1. The maximum atomic E-state index is 4.73. The Bertz CT molecular complexity index is 454. The van der Waals surface area contributed by atoms with E-state index in [0.29, 0.717) is 11.5 Å². The molecule has 6 rings (SSSR count). The highest BCUT2D eigenvalue weighted by atomic mass is 15.2. The van der Waals surface area contributed by atoms with Gasteiger partial charge in [-0.2, -0.15) is 10.2 Å². The Morgan fingerprint density at radius 2 is 2.00 bits per heavy atom. The topological polar surface area (TPSA) is 24.7 Å². The fourth-order valence-electron chi connectivity index (χ4n) is 6.49. The number of fused-ring (bicyclic) bond motifs is 1. The first-order valence-corrected chi connectivity index (χ1v) is 8.44. The zero-order valence-electron chi connectivity index (χ0n) is 11.7. The first kappa shape index (κ1) is 11.0. The molecule has 2 nitrogen and oxygen atoms in total. The predicted octanol–water partition coefficient (Wildman–Crippen LogP) is 4.23. The maximum absolute atomic E-state index is 4.73. The van der Waals surface area contributed by atoms with Crippen LogP contribution in [0.25, 0.3) is 0 Å². The molecule has 0 aromatic rings. The lowest BCUT2D eigenvalue weighted by atomic mass is 9.44. The minimum atomic E-state index is 0.428. The molecule has 19 heavy (non-hydrogen) atoms. The first-order valence-electron chi connectivity index (χ1n) is 8.44. The van der Waals surface area contributed by atoms with E-state index in [9.17, 15) is 0 Å². The van der Waals surface area contributed by atoms with Gasteiger partial charge in [-0.25, -0.2) is 0 Å². The monoisotopic (exact) mass is 256 g/mol. The SMILES string of the molecule is C1=CC23CCC4CCCCC4C2CC1C1CN=NC13. The predicted molar refractivity (Wildman–Crippen MR) is 74.9 cm³/mol. The second kappa shape index (κ2) is 3.71. The molecule has 2 heteroatoms. The zero-order valence-corrected chi connectivity index (χ0v) is 11.7. The molecule has 0 N–H and O–H groups in total. The van der Waals surface area contributed by atoms with E-state index < -0.39 is 0 Å². The Morgan fingerprint density at radius 1 is 1.05 bits per heavy atom. The molecule has 7 unspecified atom stereocenters. The van der Waals surface area contributed by atoms with Gasteiger partial charge < -0.3 is 0 Å². The summed E-state index contributed by atoms with van der Waals surface area (Å²) in [5, 5.41) is 9.17. The van der Waals surface area contributed by atoms with E-state index in [1.807, 2.05) is 0 Å². The van der Waals surface area contributed by atoms with Crippen LogP contribution in [-0.2, 0) is 0 Å². The van der Waals surface area contributed by atoms with Gasteiger partial charge in [0.25, 0.3) is 0 Å². The quantitative estimate of drug-likeness (QED) is 0.579. The molecule has 1 aliphatic heterocycles. The molecule has 7 atom stereocenters. The summed E-state index contributed by atoms with van der Waals surface area (Å²) < 4.78 is 0. The van der Waals surface area contributed by atoms with Gasteiger partial charge in [-0.1, -0.05) is 31.4 Å². The maximum Gasteiger partial charge on any atom is 0.0853 e. The summed E-state index contributed by atoms with van der Waals surface area (Å²) in [5.74, 6) is 4.58. The van der Waals surface area contributed by atoms with Gasteiger partial charge in [0.15, 0.2) is 0 Å². The third-order valence-electron chi connectivity index (χ3n) is 7.31. The molecule has 0 saturated heterocycles. The molecule has 102 valence electrons. The van der Waals surface area contributed by atoms with E-state index in [1.165, 1.54) is 44.9 Å². The normalized spacial score (nSPS) is 57.7. The summed E-state index contributed by atoms with van der Waals surface area (Å²) >= 11 is 0. The molecule has 3 fully saturated rings. The van der Waals surface area contributed by atoms with Crippen LogP contribution in [-0.4, -0.2) is 12.6 Å². The summed E-state index contributed by atoms with van der Waals surface area (Å²) in [4.78, 5) is 0. The number of azo groups is 1. The van der Waals surface area contributed by atoms with E-state index in [1.54, 1.807) is 0 Å². The third kappa shape index (κ3) is 1.29. The fourth-order valence-corrected chi connectivity index (χ4v) is 6.49. The second-order valence-corrected chi connectivity index (χ2v) is 7.77. The average molecular weight is 256 g/mol. The molecule has 2 bridgehead atoms. The van der Waals surface area contributed by atoms with Crippen LogP contribution in [0, 0.1) is 35.0 Å². The van der Waals surface area contributed by atoms with Gasteiger partial charge in [0.1, 0.15) is 0 Å². The van der Waals surface area contributed by atoms with Crippen molar-refractivity contribution in [3.63, 3.8) is 0 Å². The zero-order chi connectivity index (χ0) is 12.4. The highest BCUT2D eigenvalue weighted by Crippen LogP contribution is 2.64. The van der Waals surface area contributed by atoms with Gasteiger partial charge >= 0.3 is 0 Å². The van der Waals surface area contributed by atoms with Gasteiger partial charge in [0, 0.05) is 11.3 Å². The molecule has 0 aromatic heterocycles. The van der Waals surface area contributed by atoms with Crippen molar-refractivity contribution in [1.82, 2.24) is 0 Å². The largest absolute Gasteiger partial charge is 0.193 e. The highest BCUT2D eigenvalue weighted by molar-refractivity contribution is 5.25. The van der Waals surface area contributed by atoms with Gasteiger partial charge in [-0.3, -0.25) is 0 Å². The second-order valence-electron chi connectivity index (χ2n) is 7.77. The molecule has 5 aliphatic carbocycles. The van der Waals surface area contributed by atoms with Crippen molar-refractivity contribution >= 4 is 0 Å². The number of rotatable bonds is 0. The molecular weight excluding hydrogens is 232 g/mol. The minimum Gasteiger partial charge on any atom is -0.193 e. The van der Waals surface area contributed by atoms with E-state index in [4.69, 9.17) is 5.11 Å². The van der Waals surface area contributed by atoms with Crippen LogP contribution in [0.1, 0.15) is 44.9 Å². The summed E-state index contributed by atoms with van der Waals surface area (Å²) in [6.07, 6.45) is 15.5. The molecule has 0 aromatic carbocycles. The van der Waals surface area contributed by atoms with Crippen molar-refractivity contribution in [2.45, 2.75) is 51.0 Å². The van der Waals surface area contributed by atoms with Crippen LogP contribution in [0.2, 0.25) is 0 Å². The Hall–Kier alpha value is -0.660. The van der Waals surface area contributed by atoms with Crippen molar-refractivity contribution in [2.75, 3.05) is 6.54 Å². The number of nitrogens with zero attached hydrogens (tertiary/aromatic N) is 2. The summed E-state index contributed by atoms with van der Waals surface area (Å²) in [5.41, 5.74) is 0.428. The molecule has 6 aliphatic rings. The molecule has 1 heterocycles. The number of hydrogen-bond donors (Lipinski definition) is 0. The third-order valence-corrected chi connectivity index (χ3v) is 7.31. The van der Waals surface area contributed by atoms with Gasteiger partial charge in [-0.05, 0) is 49.4 Å². The Labute approximate surface area is 115 Å². The number of hydrogen-bond acceptors (Lipinski definition) is 2. The van der Waals surface area contributed by atoms with Crippen LogP contribution in [0.4, 0.5) is 0 Å². The van der Waals surface area contributed by atoms with Crippen molar-refractivity contribution in [2.24, 2.45) is 45.2 Å². The molecular formula is C17H24N2. The van der Waals surface area contributed by atoms with Crippen LogP contribution >= 0.6 is 0 Å². The van der Waals surface area contributed by atoms with Crippen LogP contribution in [0.5, 0.6) is 0 Å². The standard InChI is InChI=1S/C17H24N2/c1-2-4-13-11(3-1)5-7-17-8-6-12(9-15(13)17)14-10-18-19-16(14)17/h6,8,11-16H,1-5,7,9-10H2. The van der Waals surface area contributed by atoms with Gasteiger partial charge in [-0.15, -0.1) is 0 Å². The van der Waals surface area contributed by atoms with E-state index >= 15 is 0 Å². The van der Waals surface area contributed by atoms with Crippen LogP contribution in [0.15, 0.2) is 22.4 Å². The van der Waals surface area contributed by atoms with E-state index in [2.05, 4.69) is 17.3 Å². The Morgan fingerprint density at radius 3 is 3.00 bits per heavy atom. The minimum absolute atomic E-state index is 0.428. The smallest absolute Gasteiger partial charge is 0.0853 e. The lowest BCUT2D eigenvalue weighted by Crippen LogP contribution is -2.58. The summed E-state index contributed by atoms with van der Waals surface area (Å²) in [7, 11) is 0. The van der Waals surface area contributed by atoms with E-state index in [-0.39, 0.29) is 0 Å². The van der Waals surface area contributed by atoms with Gasteiger partial charge in [0.2, 0.25) is 0 Å².